The number of anilines is 1. The molecular weight excluding hydrogens is 300 g/mol. The van der Waals surface area contributed by atoms with E-state index in [0.29, 0.717) is 18.7 Å². The number of aromatic nitrogens is 3. The summed E-state index contributed by atoms with van der Waals surface area (Å²) in [6.45, 7) is 1.21. The molecule has 2 aromatic heterocycles. The van der Waals surface area contributed by atoms with Crippen molar-refractivity contribution in [3.05, 3.63) is 29.2 Å². The Morgan fingerprint density at radius 2 is 2.41 bits per heavy atom. The molecule has 3 heterocycles. The van der Waals surface area contributed by atoms with Crippen molar-refractivity contribution < 1.29 is 4.79 Å². The molecule has 0 aliphatic carbocycles. The Labute approximate surface area is 132 Å². The highest BCUT2D eigenvalue weighted by Gasteiger charge is 2.36. The summed E-state index contributed by atoms with van der Waals surface area (Å²) in [4.78, 5) is 20.6. The van der Waals surface area contributed by atoms with E-state index in [4.69, 9.17) is 5.26 Å². The van der Waals surface area contributed by atoms with Crippen molar-refractivity contribution in [1.29, 1.82) is 5.26 Å². The number of rotatable bonds is 4. The lowest BCUT2D eigenvalue weighted by molar-refractivity contribution is -0.121. The summed E-state index contributed by atoms with van der Waals surface area (Å²) in [5, 5.41) is 15.8. The summed E-state index contributed by atoms with van der Waals surface area (Å²) in [5.41, 5.74) is 0.565. The molecule has 0 spiro atoms. The molecule has 1 unspecified atom stereocenters. The second-order valence-electron chi connectivity index (χ2n) is 5.26. The van der Waals surface area contributed by atoms with E-state index in [9.17, 15) is 4.79 Å². The van der Waals surface area contributed by atoms with Crippen LogP contribution in [0, 0.1) is 11.3 Å². The van der Waals surface area contributed by atoms with E-state index in [2.05, 4.69) is 16.2 Å². The van der Waals surface area contributed by atoms with Gasteiger partial charge in [-0.2, -0.15) is 10.4 Å². The van der Waals surface area contributed by atoms with Gasteiger partial charge in [0.25, 0.3) is 0 Å². The van der Waals surface area contributed by atoms with E-state index in [1.807, 2.05) is 24.4 Å². The highest BCUT2D eigenvalue weighted by molar-refractivity contribution is 7.14. The first-order valence-corrected chi connectivity index (χ1v) is 7.82. The van der Waals surface area contributed by atoms with E-state index in [-0.39, 0.29) is 11.9 Å². The summed E-state index contributed by atoms with van der Waals surface area (Å²) in [6, 6.07) is 3.71. The highest BCUT2D eigenvalue weighted by Crippen LogP contribution is 2.31. The molecular formula is C14H16N6OS. The molecule has 22 heavy (non-hydrogen) atoms. The summed E-state index contributed by atoms with van der Waals surface area (Å²) in [6.07, 6.45) is 2.26. The van der Waals surface area contributed by atoms with Crippen LogP contribution in [0.25, 0.3) is 0 Å². The number of nitriles is 1. The van der Waals surface area contributed by atoms with Gasteiger partial charge in [-0.05, 0) is 24.9 Å². The number of hydrogen-bond donors (Lipinski definition) is 0. The fraction of sp³-hybridized carbons (Fsp3) is 0.429. The smallest absolute Gasteiger partial charge is 0.245 e. The van der Waals surface area contributed by atoms with Crippen LogP contribution < -0.4 is 4.90 Å². The number of carbonyl (C=O) groups is 1. The predicted molar refractivity (Wildman–Crippen MR) is 82.3 cm³/mol. The minimum Gasteiger partial charge on any atom is -0.301 e. The van der Waals surface area contributed by atoms with Crippen LogP contribution in [0.2, 0.25) is 0 Å². The van der Waals surface area contributed by atoms with Crippen molar-refractivity contribution in [3.8, 4) is 6.07 Å². The van der Waals surface area contributed by atoms with Crippen LogP contribution in [-0.2, 0) is 18.4 Å². The van der Waals surface area contributed by atoms with Gasteiger partial charge in [-0.25, -0.2) is 4.98 Å². The number of carbonyl (C=O) groups excluding carboxylic acids is 1. The zero-order valence-corrected chi connectivity index (χ0v) is 13.2. The fourth-order valence-corrected chi connectivity index (χ4v) is 3.55. The number of likely N-dealkylation sites (N-methyl/N-ethyl adjacent to an activating group) is 1. The van der Waals surface area contributed by atoms with E-state index in [1.165, 1.54) is 17.7 Å². The number of amides is 1. The number of hydrogen-bond acceptors (Lipinski definition) is 6. The lowest BCUT2D eigenvalue weighted by Crippen LogP contribution is -2.39. The molecule has 1 amide bonds. The van der Waals surface area contributed by atoms with Crippen LogP contribution in [0.15, 0.2) is 17.8 Å². The largest absolute Gasteiger partial charge is 0.301 e. The minimum absolute atomic E-state index is 0.0450. The van der Waals surface area contributed by atoms with Crippen LogP contribution in [0.5, 0.6) is 0 Å². The Balaban J connectivity index is 1.74. The van der Waals surface area contributed by atoms with Gasteiger partial charge in [-0.15, -0.1) is 11.3 Å². The maximum Gasteiger partial charge on any atom is 0.245 e. The van der Waals surface area contributed by atoms with Crippen molar-refractivity contribution in [2.75, 3.05) is 18.5 Å². The zero-order valence-electron chi connectivity index (χ0n) is 12.4. The summed E-state index contributed by atoms with van der Waals surface area (Å²) in [5.74, 6) is 0.867. The second-order valence-corrected chi connectivity index (χ2v) is 6.16. The number of aryl methyl sites for hydroxylation is 1. The molecule has 0 bridgehead atoms. The average molecular weight is 316 g/mol. The monoisotopic (exact) mass is 316 g/mol. The third kappa shape index (κ3) is 2.49. The molecule has 1 fully saturated rings. The Bertz CT molecular complexity index is 730. The summed E-state index contributed by atoms with van der Waals surface area (Å²) in [7, 11) is 3.75. The highest BCUT2D eigenvalue weighted by atomic mass is 32.1. The Morgan fingerprint density at radius 3 is 3.09 bits per heavy atom. The first kappa shape index (κ1) is 14.7. The maximum absolute atomic E-state index is 12.7. The number of nitrogens with zero attached hydrogens (tertiary/aromatic N) is 6. The molecule has 2 aromatic rings. The van der Waals surface area contributed by atoms with Crippen molar-refractivity contribution in [2.45, 2.75) is 19.0 Å². The van der Waals surface area contributed by atoms with Gasteiger partial charge in [0.2, 0.25) is 5.91 Å². The standard InChI is InChI=1S/C14H16N6OS/c1-18(8-12-16-9-17-19(12)2)11-3-5-20(13(11)21)14-10(7-15)4-6-22-14/h4,6,9,11H,3,5,8H2,1-2H3. The van der Waals surface area contributed by atoms with E-state index in [1.54, 1.807) is 15.6 Å². The van der Waals surface area contributed by atoms with Crippen molar-refractivity contribution >= 4 is 22.2 Å². The van der Waals surface area contributed by atoms with Crippen LogP contribution in [-0.4, -0.2) is 45.2 Å². The molecule has 0 N–H and O–H groups in total. The Morgan fingerprint density at radius 1 is 1.59 bits per heavy atom. The first-order valence-electron chi connectivity index (χ1n) is 6.94. The van der Waals surface area contributed by atoms with Gasteiger partial charge in [0.1, 0.15) is 23.2 Å². The van der Waals surface area contributed by atoms with Crippen LogP contribution in [0.3, 0.4) is 0 Å². The van der Waals surface area contributed by atoms with E-state index in [0.717, 1.165) is 17.2 Å². The first-order chi connectivity index (χ1) is 10.6. The molecule has 1 aliphatic heterocycles. The van der Waals surface area contributed by atoms with Crippen LogP contribution >= 0.6 is 11.3 Å². The van der Waals surface area contributed by atoms with Gasteiger partial charge in [0, 0.05) is 13.6 Å². The molecule has 1 aliphatic rings. The van der Waals surface area contributed by atoms with Gasteiger partial charge in [0.15, 0.2) is 0 Å². The molecule has 3 rings (SSSR count). The molecule has 0 radical (unpaired) electrons. The summed E-state index contributed by atoms with van der Waals surface area (Å²) >= 11 is 1.43. The molecule has 0 aromatic carbocycles. The van der Waals surface area contributed by atoms with Crippen LogP contribution in [0.4, 0.5) is 5.00 Å². The minimum atomic E-state index is -0.189. The summed E-state index contributed by atoms with van der Waals surface area (Å²) < 4.78 is 1.71. The van der Waals surface area contributed by atoms with Crippen LogP contribution in [0.1, 0.15) is 17.8 Å². The van der Waals surface area contributed by atoms with Gasteiger partial charge in [-0.1, -0.05) is 0 Å². The molecule has 114 valence electrons. The van der Waals surface area contributed by atoms with Gasteiger partial charge < -0.3 is 4.90 Å². The number of thiophene rings is 1. The van der Waals surface area contributed by atoms with E-state index >= 15 is 0 Å². The second kappa shape index (κ2) is 5.87. The van der Waals surface area contributed by atoms with Crippen molar-refractivity contribution in [1.82, 2.24) is 19.7 Å². The van der Waals surface area contributed by atoms with Crippen molar-refractivity contribution in [2.24, 2.45) is 7.05 Å². The zero-order chi connectivity index (χ0) is 15.7. The topological polar surface area (TPSA) is 78.1 Å². The van der Waals surface area contributed by atoms with Gasteiger partial charge >= 0.3 is 0 Å². The quantitative estimate of drug-likeness (QED) is 0.840. The van der Waals surface area contributed by atoms with E-state index < -0.39 is 0 Å². The molecule has 1 saturated heterocycles. The Kier molecular flexibility index (Phi) is 3.92. The third-order valence-corrected chi connectivity index (χ3v) is 4.85. The van der Waals surface area contributed by atoms with Gasteiger partial charge in [-0.3, -0.25) is 14.4 Å². The lowest BCUT2D eigenvalue weighted by atomic mass is 10.2. The lowest BCUT2D eigenvalue weighted by Gasteiger charge is -2.22. The predicted octanol–water partition coefficient (Wildman–Crippen LogP) is 0.986. The average Bonchev–Trinajstić information content (AvgIpc) is 3.19. The molecule has 8 heteroatoms. The molecule has 0 saturated carbocycles. The van der Waals surface area contributed by atoms with Crippen molar-refractivity contribution in [3.63, 3.8) is 0 Å². The normalized spacial score (nSPS) is 18.2. The van der Waals surface area contributed by atoms with Gasteiger partial charge in [0.05, 0.1) is 18.2 Å². The molecule has 1 atom stereocenters. The third-order valence-electron chi connectivity index (χ3n) is 3.92. The fourth-order valence-electron chi connectivity index (χ4n) is 2.67. The Hall–Kier alpha value is -2.24. The maximum atomic E-state index is 12.7. The molecule has 7 nitrogen and oxygen atoms in total. The SMILES string of the molecule is CN(Cc1ncnn1C)C1CCN(c2sccc2C#N)C1=O.